The molecule has 144 valence electrons. The van der Waals surface area contributed by atoms with Crippen LogP contribution in [0.25, 0.3) is 22.3 Å². The Labute approximate surface area is 150 Å². The third kappa shape index (κ3) is 2.99. The fraction of sp³-hybridized carbons (Fsp3) is 0.214. The van der Waals surface area contributed by atoms with E-state index in [4.69, 9.17) is 9.47 Å². The highest BCUT2D eigenvalue weighted by Crippen LogP contribution is 2.40. The Morgan fingerprint density at radius 3 is 2.22 bits per heavy atom. The number of hydrogen-bond donors (Lipinski definition) is 1. The van der Waals surface area contributed by atoms with Crippen molar-refractivity contribution in [3.63, 3.8) is 0 Å². The largest absolute Gasteiger partial charge is 0.493 e. The summed E-state index contributed by atoms with van der Waals surface area (Å²) in [6, 6.07) is 2.13. The molecule has 2 aromatic heterocycles. The maximum atomic E-state index is 13.7. The molecule has 0 radical (unpaired) electrons. The maximum Gasteiger partial charge on any atom is 0.355 e. The molecule has 13 heteroatoms. The van der Waals surface area contributed by atoms with Crippen molar-refractivity contribution in [3.8, 4) is 29.3 Å². The number of hydrogen-bond acceptors (Lipinski definition) is 8. The molecular formula is C14H11F3N4O5S. The first-order valence-corrected chi connectivity index (χ1v) is 8.61. The summed E-state index contributed by atoms with van der Waals surface area (Å²) in [6.07, 6.45) is 0. The van der Waals surface area contributed by atoms with Crippen LogP contribution in [0.15, 0.2) is 18.2 Å². The van der Waals surface area contributed by atoms with Gasteiger partial charge in [-0.25, -0.2) is 8.36 Å². The zero-order valence-electron chi connectivity index (χ0n) is 13.7. The Hall–Kier alpha value is -3.09. The first-order chi connectivity index (χ1) is 12.7. The molecule has 0 aliphatic rings. The molecule has 0 fully saturated rings. The summed E-state index contributed by atoms with van der Waals surface area (Å²) < 4.78 is 73.6. The second-order valence-electron chi connectivity index (χ2n) is 5.06. The lowest BCUT2D eigenvalue weighted by Crippen LogP contribution is -2.20. The van der Waals surface area contributed by atoms with E-state index in [0.29, 0.717) is 0 Å². The van der Waals surface area contributed by atoms with Crippen molar-refractivity contribution in [2.24, 2.45) is 0 Å². The Morgan fingerprint density at radius 1 is 1.11 bits per heavy atom. The van der Waals surface area contributed by atoms with E-state index in [1.165, 1.54) is 14.2 Å². The number of ether oxygens (including phenoxy) is 2. The predicted octanol–water partition coefficient (Wildman–Crippen LogP) is 1.76. The molecule has 0 aliphatic carbocycles. The minimum atomic E-state index is -5.29. The molecule has 1 N–H and O–H groups in total. The van der Waals surface area contributed by atoms with Gasteiger partial charge >= 0.3 is 27.8 Å². The van der Waals surface area contributed by atoms with Crippen LogP contribution in [0.4, 0.5) is 13.2 Å². The zero-order chi connectivity index (χ0) is 19.9. The van der Waals surface area contributed by atoms with Crippen molar-refractivity contribution < 1.29 is 36.2 Å². The van der Waals surface area contributed by atoms with Crippen molar-refractivity contribution in [2.45, 2.75) is 5.76 Å². The minimum Gasteiger partial charge on any atom is -0.493 e. The third-order valence-corrected chi connectivity index (χ3v) is 4.85. The maximum absolute atomic E-state index is 13.7. The van der Waals surface area contributed by atoms with Crippen molar-refractivity contribution in [2.75, 3.05) is 14.2 Å². The van der Waals surface area contributed by atoms with Gasteiger partial charge in [-0.15, -0.1) is 4.98 Å². The normalized spacial score (nSPS) is 11.9. The molecule has 1 aromatic carbocycles. The van der Waals surface area contributed by atoms with E-state index in [1.807, 2.05) is 0 Å². The van der Waals surface area contributed by atoms with E-state index in [-0.39, 0.29) is 32.7 Å². The highest BCUT2D eigenvalue weighted by molar-refractivity contribution is 7.90. The molecule has 0 saturated carbocycles. The third-order valence-electron chi connectivity index (χ3n) is 3.53. The first-order valence-electron chi connectivity index (χ1n) is 7.10. The zero-order valence-corrected chi connectivity index (χ0v) is 14.5. The quantitative estimate of drug-likeness (QED) is 0.684. The molecule has 9 nitrogen and oxygen atoms in total. The van der Waals surface area contributed by atoms with Gasteiger partial charge in [-0.1, -0.05) is 0 Å². The van der Waals surface area contributed by atoms with E-state index < -0.39 is 33.0 Å². The number of benzene rings is 1. The fourth-order valence-electron chi connectivity index (χ4n) is 2.41. The van der Waals surface area contributed by atoms with E-state index >= 15 is 0 Å². The molecule has 0 amide bonds. The lowest BCUT2D eigenvalue weighted by molar-refractivity contribution is 0.232. The van der Waals surface area contributed by atoms with Gasteiger partial charge < -0.3 is 14.6 Å². The Balaban J connectivity index is 2.45. The lowest BCUT2D eigenvalue weighted by Gasteiger charge is -2.08. The van der Waals surface area contributed by atoms with Crippen LogP contribution >= 0.6 is 0 Å². The number of fused-ring (bicyclic) bond motifs is 1. The standard InChI is InChI=1S/C14H11F3N4O5S/c1-25-13-18-10(19-14(20-13)26-2)9-7-5-6(15)3-4-8(7)21(11(9)22)27(23,24)12(16)17/h3-5,12,22H,1-2H3. The molecular weight excluding hydrogens is 393 g/mol. The molecule has 3 aromatic rings. The van der Waals surface area contributed by atoms with Gasteiger partial charge in [-0.05, 0) is 18.2 Å². The van der Waals surface area contributed by atoms with Crippen molar-refractivity contribution in [1.29, 1.82) is 0 Å². The molecule has 0 atom stereocenters. The molecule has 2 heterocycles. The van der Waals surface area contributed by atoms with Crippen LogP contribution in [-0.2, 0) is 10.0 Å². The van der Waals surface area contributed by atoms with Gasteiger partial charge in [0, 0.05) is 5.39 Å². The molecule has 0 spiro atoms. The Kier molecular flexibility index (Phi) is 4.55. The SMILES string of the molecule is COc1nc(OC)nc(-c2c(O)n(S(=O)(=O)C(F)F)c3ccc(F)cc23)n1. The number of nitrogens with zero attached hydrogens (tertiary/aromatic N) is 4. The average molecular weight is 404 g/mol. The monoisotopic (exact) mass is 404 g/mol. The van der Waals surface area contributed by atoms with Crippen molar-refractivity contribution in [1.82, 2.24) is 18.9 Å². The van der Waals surface area contributed by atoms with Gasteiger partial charge in [-0.2, -0.15) is 27.2 Å². The van der Waals surface area contributed by atoms with Gasteiger partial charge in [0.1, 0.15) is 5.82 Å². The van der Waals surface area contributed by atoms with Crippen LogP contribution in [-0.4, -0.2) is 52.4 Å². The number of methoxy groups -OCH3 is 2. The number of halogens is 3. The van der Waals surface area contributed by atoms with Gasteiger partial charge in [0.25, 0.3) is 0 Å². The number of aromatic hydroxyl groups is 1. The molecule has 27 heavy (non-hydrogen) atoms. The summed E-state index contributed by atoms with van der Waals surface area (Å²) in [5.41, 5.74) is -0.796. The summed E-state index contributed by atoms with van der Waals surface area (Å²) in [5, 5.41) is 10.2. The predicted molar refractivity (Wildman–Crippen MR) is 85.8 cm³/mol. The number of rotatable bonds is 5. The van der Waals surface area contributed by atoms with Gasteiger partial charge in [0.2, 0.25) is 5.88 Å². The van der Waals surface area contributed by atoms with Crippen LogP contribution in [0.1, 0.15) is 0 Å². The van der Waals surface area contributed by atoms with Crippen LogP contribution in [0.5, 0.6) is 17.9 Å². The summed E-state index contributed by atoms with van der Waals surface area (Å²) >= 11 is 0. The van der Waals surface area contributed by atoms with Gasteiger partial charge in [-0.3, -0.25) is 0 Å². The number of aromatic nitrogens is 4. The van der Waals surface area contributed by atoms with E-state index in [1.54, 1.807) is 0 Å². The topological polar surface area (TPSA) is 116 Å². The van der Waals surface area contributed by atoms with Crippen LogP contribution in [0.2, 0.25) is 0 Å². The highest BCUT2D eigenvalue weighted by Gasteiger charge is 2.34. The van der Waals surface area contributed by atoms with E-state index in [2.05, 4.69) is 15.0 Å². The van der Waals surface area contributed by atoms with Crippen molar-refractivity contribution >= 4 is 20.9 Å². The average Bonchev–Trinajstić information content (AvgIpc) is 2.92. The minimum absolute atomic E-state index is 0.00448. The lowest BCUT2D eigenvalue weighted by atomic mass is 10.1. The van der Waals surface area contributed by atoms with Crippen LogP contribution < -0.4 is 9.47 Å². The molecule has 0 unspecified atom stereocenters. The summed E-state index contributed by atoms with van der Waals surface area (Å²) in [7, 11) is -2.84. The first kappa shape index (κ1) is 18.7. The Morgan fingerprint density at radius 2 is 1.70 bits per heavy atom. The van der Waals surface area contributed by atoms with E-state index in [0.717, 1.165) is 18.2 Å². The van der Waals surface area contributed by atoms with Crippen LogP contribution in [0.3, 0.4) is 0 Å². The Bertz CT molecular complexity index is 1110. The van der Waals surface area contributed by atoms with Crippen LogP contribution in [0, 0.1) is 5.82 Å². The van der Waals surface area contributed by atoms with E-state index in [9.17, 15) is 26.7 Å². The second kappa shape index (κ2) is 6.57. The van der Waals surface area contributed by atoms with Gasteiger partial charge in [0.15, 0.2) is 5.82 Å². The summed E-state index contributed by atoms with van der Waals surface area (Å²) in [4.78, 5) is 11.4. The molecule has 0 aliphatic heterocycles. The summed E-state index contributed by atoms with van der Waals surface area (Å²) in [5.74, 6) is -6.12. The fourth-order valence-corrected chi connectivity index (χ4v) is 3.34. The van der Waals surface area contributed by atoms with Crippen molar-refractivity contribution in [3.05, 3.63) is 24.0 Å². The number of alkyl halides is 2. The molecule has 0 bridgehead atoms. The van der Waals surface area contributed by atoms with Gasteiger partial charge in [0.05, 0.1) is 25.3 Å². The summed E-state index contributed by atoms with van der Waals surface area (Å²) in [6.45, 7) is 0. The molecule has 3 rings (SSSR count). The molecule has 0 saturated heterocycles. The smallest absolute Gasteiger partial charge is 0.355 e. The second-order valence-corrected chi connectivity index (χ2v) is 6.81. The highest BCUT2D eigenvalue weighted by atomic mass is 32.2.